The maximum atomic E-state index is 12.5. The van der Waals surface area contributed by atoms with Crippen LogP contribution in [0.5, 0.6) is 0 Å². The lowest BCUT2D eigenvalue weighted by atomic mass is 10.2. The highest BCUT2D eigenvalue weighted by Crippen LogP contribution is 2.17. The van der Waals surface area contributed by atoms with Crippen molar-refractivity contribution in [3.63, 3.8) is 0 Å². The molecule has 0 aliphatic carbocycles. The van der Waals surface area contributed by atoms with E-state index in [0.29, 0.717) is 19.6 Å². The van der Waals surface area contributed by atoms with Crippen LogP contribution in [0, 0.1) is 0 Å². The zero-order chi connectivity index (χ0) is 17.4. The summed E-state index contributed by atoms with van der Waals surface area (Å²) in [6.07, 6.45) is 0. The van der Waals surface area contributed by atoms with Gasteiger partial charge in [0.2, 0.25) is 5.91 Å². The number of hydrogen-bond donors (Lipinski definition) is 1. The molecule has 0 spiro atoms. The molecule has 0 saturated heterocycles. The fourth-order valence-corrected chi connectivity index (χ4v) is 2.89. The number of carbonyl (C=O) groups excluding carboxylic acids is 1. The van der Waals surface area contributed by atoms with Crippen molar-refractivity contribution in [2.24, 2.45) is 0 Å². The van der Waals surface area contributed by atoms with Gasteiger partial charge in [0.25, 0.3) is 0 Å². The first-order chi connectivity index (χ1) is 11.6. The average Bonchev–Trinajstić information content (AvgIpc) is 2.58. The lowest BCUT2D eigenvalue weighted by Crippen LogP contribution is -2.39. The fourth-order valence-electron chi connectivity index (χ4n) is 2.48. The molecular formula is C19H23BrN2O2. The SMILES string of the molecule is CN(Cc1ccccc1Br)C(=O)CN(CCO)Cc1ccccc1. The van der Waals surface area contributed by atoms with Crippen molar-refractivity contribution < 1.29 is 9.90 Å². The van der Waals surface area contributed by atoms with Crippen molar-refractivity contribution in [1.29, 1.82) is 0 Å². The second kappa shape index (κ2) is 9.57. The van der Waals surface area contributed by atoms with E-state index in [1.807, 2.05) is 59.5 Å². The molecule has 0 unspecified atom stereocenters. The maximum Gasteiger partial charge on any atom is 0.236 e. The van der Waals surface area contributed by atoms with Gasteiger partial charge in [-0.05, 0) is 17.2 Å². The van der Waals surface area contributed by atoms with Crippen LogP contribution < -0.4 is 0 Å². The van der Waals surface area contributed by atoms with Crippen LogP contribution in [-0.4, -0.2) is 47.6 Å². The van der Waals surface area contributed by atoms with E-state index in [0.717, 1.165) is 15.6 Å². The smallest absolute Gasteiger partial charge is 0.236 e. The molecule has 0 saturated carbocycles. The lowest BCUT2D eigenvalue weighted by Gasteiger charge is -2.25. The van der Waals surface area contributed by atoms with Crippen LogP contribution >= 0.6 is 15.9 Å². The molecule has 2 rings (SSSR count). The Kier molecular flexibility index (Phi) is 7.43. The number of aliphatic hydroxyl groups excluding tert-OH is 1. The van der Waals surface area contributed by atoms with Gasteiger partial charge in [0.15, 0.2) is 0 Å². The second-order valence-electron chi connectivity index (χ2n) is 5.76. The normalized spacial score (nSPS) is 10.8. The summed E-state index contributed by atoms with van der Waals surface area (Å²) in [5.41, 5.74) is 2.21. The Balaban J connectivity index is 1.95. The van der Waals surface area contributed by atoms with E-state index in [1.54, 1.807) is 11.9 Å². The number of aliphatic hydroxyl groups is 1. The van der Waals surface area contributed by atoms with E-state index in [-0.39, 0.29) is 19.1 Å². The van der Waals surface area contributed by atoms with Crippen molar-refractivity contribution >= 4 is 21.8 Å². The molecule has 2 aromatic rings. The van der Waals surface area contributed by atoms with E-state index in [1.165, 1.54) is 0 Å². The van der Waals surface area contributed by atoms with Gasteiger partial charge >= 0.3 is 0 Å². The molecule has 0 atom stereocenters. The first-order valence-corrected chi connectivity index (χ1v) is 8.74. The zero-order valence-electron chi connectivity index (χ0n) is 13.9. The van der Waals surface area contributed by atoms with Gasteiger partial charge in [-0.15, -0.1) is 0 Å². The van der Waals surface area contributed by atoms with Crippen molar-refractivity contribution in [2.75, 3.05) is 26.7 Å². The molecule has 0 aliphatic rings. The Morgan fingerprint density at radius 1 is 1.04 bits per heavy atom. The van der Waals surface area contributed by atoms with Crippen LogP contribution in [0.2, 0.25) is 0 Å². The number of rotatable bonds is 8. The van der Waals surface area contributed by atoms with Crippen LogP contribution in [0.4, 0.5) is 0 Å². The molecule has 0 bridgehead atoms. The summed E-state index contributed by atoms with van der Waals surface area (Å²) in [5, 5.41) is 9.27. The van der Waals surface area contributed by atoms with Crippen molar-refractivity contribution in [1.82, 2.24) is 9.80 Å². The fraction of sp³-hybridized carbons (Fsp3) is 0.316. The van der Waals surface area contributed by atoms with Crippen LogP contribution in [0.15, 0.2) is 59.1 Å². The number of carbonyl (C=O) groups is 1. The van der Waals surface area contributed by atoms with Gasteiger partial charge in [-0.1, -0.05) is 64.5 Å². The summed E-state index contributed by atoms with van der Waals surface area (Å²) in [7, 11) is 1.81. The van der Waals surface area contributed by atoms with Crippen molar-refractivity contribution in [2.45, 2.75) is 13.1 Å². The van der Waals surface area contributed by atoms with Crippen LogP contribution in [0.1, 0.15) is 11.1 Å². The number of hydrogen-bond acceptors (Lipinski definition) is 3. The Morgan fingerprint density at radius 3 is 2.38 bits per heavy atom. The molecule has 5 heteroatoms. The number of amides is 1. The van der Waals surface area contributed by atoms with E-state index in [9.17, 15) is 9.90 Å². The van der Waals surface area contributed by atoms with Gasteiger partial charge in [0, 0.05) is 31.2 Å². The predicted octanol–water partition coefficient (Wildman–Crippen LogP) is 2.90. The largest absolute Gasteiger partial charge is 0.395 e. The molecular weight excluding hydrogens is 368 g/mol. The van der Waals surface area contributed by atoms with E-state index < -0.39 is 0 Å². The summed E-state index contributed by atoms with van der Waals surface area (Å²) in [6.45, 7) is 2.00. The van der Waals surface area contributed by atoms with Crippen molar-refractivity contribution in [3.05, 3.63) is 70.2 Å². The maximum absolute atomic E-state index is 12.5. The minimum Gasteiger partial charge on any atom is -0.395 e. The third-order valence-corrected chi connectivity index (χ3v) is 4.59. The number of benzene rings is 2. The Labute approximate surface area is 151 Å². The number of halogens is 1. The molecule has 0 fully saturated rings. The minimum atomic E-state index is 0.0358. The van der Waals surface area contributed by atoms with Crippen LogP contribution in [-0.2, 0) is 17.9 Å². The molecule has 128 valence electrons. The van der Waals surface area contributed by atoms with Gasteiger partial charge in [-0.2, -0.15) is 0 Å². The summed E-state index contributed by atoms with van der Waals surface area (Å²) >= 11 is 3.51. The van der Waals surface area contributed by atoms with Gasteiger partial charge in [-0.25, -0.2) is 0 Å². The molecule has 24 heavy (non-hydrogen) atoms. The van der Waals surface area contributed by atoms with Crippen LogP contribution in [0.3, 0.4) is 0 Å². The molecule has 0 aliphatic heterocycles. The van der Waals surface area contributed by atoms with Crippen molar-refractivity contribution in [3.8, 4) is 0 Å². The topological polar surface area (TPSA) is 43.8 Å². The highest BCUT2D eigenvalue weighted by molar-refractivity contribution is 9.10. The summed E-state index contributed by atoms with van der Waals surface area (Å²) in [4.78, 5) is 16.2. The molecule has 0 radical (unpaired) electrons. The first-order valence-electron chi connectivity index (χ1n) is 7.94. The molecule has 0 heterocycles. The monoisotopic (exact) mass is 390 g/mol. The lowest BCUT2D eigenvalue weighted by molar-refractivity contribution is -0.131. The molecule has 1 N–H and O–H groups in total. The van der Waals surface area contributed by atoms with Gasteiger partial charge in [0.05, 0.1) is 13.2 Å². The van der Waals surface area contributed by atoms with Gasteiger partial charge in [-0.3, -0.25) is 9.69 Å². The van der Waals surface area contributed by atoms with E-state index >= 15 is 0 Å². The predicted molar refractivity (Wildman–Crippen MR) is 99.4 cm³/mol. The summed E-state index contributed by atoms with van der Waals surface area (Å²) in [5.74, 6) is 0.0372. The Bertz CT molecular complexity index is 649. The average molecular weight is 391 g/mol. The quantitative estimate of drug-likeness (QED) is 0.753. The van der Waals surface area contributed by atoms with Gasteiger partial charge < -0.3 is 10.0 Å². The zero-order valence-corrected chi connectivity index (χ0v) is 15.4. The number of nitrogens with zero attached hydrogens (tertiary/aromatic N) is 2. The third-order valence-electron chi connectivity index (χ3n) is 3.82. The molecule has 1 amide bonds. The minimum absolute atomic E-state index is 0.0358. The van der Waals surface area contributed by atoms with Gasteiger partial charge in [0.1, 0.15) is 0 Å². The highest BCUT2D eigenvalue weighted by Gasteiger charge is 2.15. The van der Waals surface area contributed by atoms with E-state index in [4.69, 9.17) is 0 Å². The molecule has 0 aromatic heterocycles. The number of likely N-dealkylation sites (N-methyl/N-ethyl adjacent to an activating group) is 1. The first kappa shape index (κ1) is 18.6. The van der Waals surface area contributed by atoms with Crippen LogP contribution in [0.25, 0.3) is 0 Å². The molecule has 2 aromatic carbocycles. The summed E-state index contributed by atoms with van der Waals surface area (Å²) < 4.78 is 1.00. The Hall–Kier alpha value is -1.69. The van der Waals surface area contributed by atoms with E-state index in [2.05, 4.69) is 15.9 Å². The third kappa shape index (κ3) is 5.74. The summed E-state index contributed by atoms with van der Waals surface area (Å²) in [6, 6.07) is 17.9. The Morgan fingerprint density at radius 2 is 1.71 bits per heavy atom. The second-order valence-corrected chi connectivity index (χ2v) is 6.62. The molecule has 4 nitrogen and oxygen atoms in total. The highest BCUT2D eigenvalue weighted by atomic mass is 79.9. The standard InChI is InChI=1S/C19H23BrN2O2/c1-21(14-17-9-5-6-10-18(17)20)19(24)15-22(11-12-23)13-16-7-3-2-4-8-16/h2-10,23H,11-15H2,1H3.